The van der Waals surface area contributed by atoms with Gasteiger partial charge in [0.05, 0.1) is 9.62 Å². The molecule has 1 atom stereocenters. The number of halogens is 1. The molecule has 5 heteroatoms. The Morgan fingerprint density at radius 3 is 2.70 bits per heavy atom. The Morgan fingerprint density at radius 1 is 1.60 bits per heavy atom. The minimum absolute atomic E-state index is 0.0989. The van der Waals surface area contributed by atoms with Gasteiger partial charge in [-0.15, -0.1) is 0 Å². The number of hydrogen-bond donors (Lipinski definition) is 3. The van der Waals surface area contributed by atoms with E-state index in [1.807, 2.05) is 6.92 Å². The Kier molecular flexibility index (Phi) is 2.02. The average Bonchev–Trinajstić information content (AvgIpc) is 1.82. The lowest BCUT2D eigenvalue weighted by Gasteiger charge is -2.17. The Morgan fingerprint density at radius 2 is 2.20 bits per heavy atom. The van der Waals surface area contributed by atoms with Crippen molar-refractivity contribution in [1.29, 1.82) is 0 Å². The number of nitrogens with one attached hydrogen (secondary N) is 1. The maximum atomic E-state index is 5.56. The molecule has 0 bridgehead atoms. The van der Waals surface area contributed by atoms with Crippen molar-refractivity contribution in [2.24, 2.45) is 16.5 Å². The van der Waals surface area contributed by atoms with E-state index in [2.05, 4.69) is 32.9 Å². The molecule has 0 spiro atoms. The highest BCUT2D eigenvalue weighted by atomic mass is 127. The molecule has 0 fully saturated rings. The van der Waals surface area contributed by atoms with Gasteiger partial charge < -0.3 is 16.8 Å². The van der Waals surface area contributed by atoms with Crippen LogP contribution < -0.4 is 16.8 Å². The normalized spacial score (nSPS) is 25.8. The second kappa shape index (κ2) is 2.65. The third kappa shape index (κ3) is 1.34. The molecule has 1 heterocycles. The fourth-order valence-electron chi connectivity index (χ4n) is 0.720. The lowest BCUT2D eigenvalue weighted by atomic mass is 10.3. The molecule has 0 aromatic carbocycles. The molecule has 56 valence electrons. The van der Waals surface area contributed by atoms with Gasteiger partial charge in [0.1, 0.15) is 5.82 Å². The van der Waals surface area contributed by atoms with Gasteiger partial charge in [-0.05, 0) is 29.5 Å². The van der Waals surface area contributed by atoms with Crippen molar-refractivity contribution >= 4 is 28.6 Å². The highest BCUT2D eigenvalue weighted by Crippen LogP contribution is 2.17. The van der Waals surface area contributed by atoms with E-state index in [9.17, 15) is 0 Å². The summed E-state index contributed by atoms with van der Waals surface area (Å²) in [6, 6.07) is 0.0989. The van der Waals surface area contributed by atoms with Gasteiger partial charge in [0.25, 0.3) is 0 Å². The van der Waals surface area contributed by atoms with Crippen LogP contribution in [-0.2, 0) is 0 Å². The van der Waals surface area contributed by atoms with E-state index < -0.39 is 0 Å². The van der Waals surface area contributed by atoms with Gasteiger partial charge in [-0.1, -0.05) is 0 Å². The van der Waals surface area contributed by atoms with Gasteiger partial charge in [0.2, 0.25) is 0 Å². The van der Waals surface area contributed by atoms with Gasteiger partial charge in [0.15, 0.2) is 5.96 Å². The number of guanidine groups is 1. The molecule has 0 aromatic heterocycles. The van der Waals surface area contributed by atoms with Crippen LogP contribution in [0.5, 0.6) is 0 Å². The number of nitrogens with two attached hydrogens (primary N) is 2. The molecule has 0 amide bonds. The fraction of sp³-hybridized carbons (Fsp3) is 0.400. The van der Waals surface area contributed by atoms with Crippen molar-refractivity contribution in [2.45, 2.75) is 13.0 Å². The first-order chi connectivity index (χ1) is 4.61. The fourth-order valence-corrected chi connectivity index (χ4v) is 0.994. The SMILES string of the molecule is CC1N=C(N)NC(N)=C1I. The number of rotatable bonds is 0. The van der Waals surface area contributed by atoms with Crippen molar-refractivity contribution in [2.75, 3.05) is 0 Å². The van der Waals surface area contributed by atoms with Gasteiger partial charge in [-0.2, -0.15) is 0 Å². The van der Waals surface area contributed by atoms with Crippen molar-refractivity contribution < 1.29 is 0 Å². The molecule has 0 aromatic rings. The Bertz CT molecular complexity index is 208. The van der Waals surface area contributed by atoms with Crippen molar-refractivity contribution in [3.63, 3.8) is 0 Å². The summed E-state index contributed by atoms with van der Waals surface area (Å²) in [4.78, 5) is 4.05. The lowest BCUT2D eigenvalue weighted by molar-refractivity contribution is 0.835. The minimum atomic E-state index is 0.0989. The lowest BCUT2D eigenvalue weighted by Crippen LogP contribution is -2.39. The molecular formula is C5H9IN4. The third-order valence-electron chi connectivity index (χ3n) is 1.22. The quantitative estimate of drug-likeness (QED) is 0.525. The predicted molar refractivity (Wildman–Crippen MR) is 49.5 cm³/mol. The van der Waals surface area contributed by atoms with E-state index in [-0.39, 0.29) is 6.04 Å². The van der Waals surface area contributed by atoms with Crippen LogP contribution in [0.1, 0.15) is 6.92 Å². The number of hydrogen-bond acceptors (Lipinski definition) is 4. The minimum Gasteiger partial charge on any atom is -0.385 e. The summed E-state index contributed by atoms with van der Waals surface area (Å²) >= 11 is 2.15. The van der Waals surface area contributed by atoms with E-state index in [4.69, 9.17) is 11.5 Å². The molecule has 1 rings (SSSR count). The zero-order chi connectivity index (χ0) is 7.72. The topological polar surface area (TPSA) is 76.4 Å². The second-order valence-corrected chi connectivity index (χ2v) is 3.24. The molecule has 1 aliphatic heterocycles. The molecule has 0 radical (unpaired) electrons. The van der Waals surface area contributed by atoms with E-state index in [1.54, 1.807) is 0 Å². The Hall–Kier alpha value is -0.460. The molecule has 1 unspecified atom stereocenters. The van der Waals surface area contributed by atoms with Crippen molar-refractivity contribution in [3.8, 4) is 0 Å². The maximum absolute atomic E-state index is 5.56. The zero-order valence-electron chi connectivity index (χ0n) is 5.56. The van der Waals surface area contributed by atoms with Crippen LogP contribution in [0.25, 0.3) is 0 Å². The summed E-state index contributed by atoms with van der Waals surface area (Å²) < 4.78 is 1.01. The van der Waals surface area contributed by atoms with Gasteiger partial charge in [0, 0.05) is 0 Å². The van der Waals surface area contributed by atoms with Crippen LogP contribution in [-0.4, -0.2) is 12.0 Å². The average molecular weight is 252 g/mol. The van der Waals surface area contributed by atoms with Crippen LogP contribution in [0, 0.1) is 0 Å². The largest absolute Gasteiger partial charge is 0.385 e. The van der Waals surface area contributed by atoms with Crippen molar-refractivity contribution in [3.05, 3.63) is 9.40 Å². The molecule has 4 nitrogen and oxygen atoms in total. The molecule has 5 N–H and O–H groups in total. The summed E-state index contributed by atoms with van der Waals surface area (Å²) in [7, 11) is 0. The van der Waals surface area contributed by atoms with Crippen LogP contribution in [0.2, 0.25) is 0 Å². The molecule has 1 aliphatic rings. The van der Waals surface area contributed by atoms with Crippen LogP contribution in [0.4, 0.5) is 0 Å². The molecular weight excluding hydrogens is 243 g/mol. The van der Waals surface area contributed by atoms with Crippen LogP contribution >= 0.6 is 22.6 Å². The smallest absolute Gasteiger partial charge is 0.194 e. The Labute approximate surface area is 72.9 Å². The van der Waals surface area contributed by atoms with Gasteiger partial charge in [-0.3, -0.25) is 0 Å². The standard InChI is InChI=1S/C5H9IN4/c1-2-3(6)4(7)10-5(8)9-2/h2H,7H2,1H3,(H3,8,9,10). The van der Waals surface area contributed by atoms with Gasteiger partial charge in [-0.25, -0.2) is 4.99 Å². The Balaban J connectivity index is 2.85. The first-order valence-corrected chi connectivity index (χ1v) is 3.94. The highest BCUT2D eigenvalue weighted by molar-refractivity contribution is 14.1. The first kappa shape index (κ1) is 7.64. The van der Waals surface area contributed by atoms with E-state index in [0.717, 1.165) is 3.58 Å². The first-order valence-electron chi connectivity index (χ1n) is 2.86. The van der Waals surface area contributed by atoms with Gasteiger partial charge >= 0.3 is 0 Å². The highest BCUT2D eigenvalue weighted by Gasteiger charge is 2.14. The van der Waals surface area contributed by atoms with E-state index >= 15 is 0 Å². The monoisotopic (exact) mass is 252 g/mol. The third-order valence-corrected chi connectivity index (χ3v) is 2.70. The second-order valence-electron chi connectivity index (χ2n) is 2.08. The van der Waals surface area contributed by atoms with E-state index in [1.165, 1.54) is 0 Å². The van der Waals surface area contributed by atoms with Crippen LogP contribution in [0.3, 0.4) is 0 Å². The summed E-state index contributed by atoms with van der Waals surface area (Å²) in [6.07, 6.45) is 0. The number of aliphatic imine (C=N–C) groups is 1. The summed E-state index contributed by atoms with van der Waals surface area (Å²) in [5, 5.41) is 2.74. The summed E-state index contributed by atoms with van der Waals surface area (Å²) in [6.45, 7) is 1.95. The molecule has 0 aliphatic carbocycles. The van der Waals surface area contributed by atoms with Crippen LogP contribution in [0.15, 0.2) is 14.4 Å². The zero-order valence-corrected chi connectivity index (χ0v) is 7.71. The van der Waals surface area contributed by atoms with Crippen molar-refractivity contribution in [1.82, 2.24) is 5.32 Å². The summed E-state index contributed by atoms with van der Waals surface area (Å²) in [5.74, 6) is 1.01. The maximum Gasteiger partial charge on any atom is 0.194 e. The summed E-state index contributed by atoms with van der Waals surface area (Å²) in [5.41, 5.74) is 11.0. The molecule has 0 saturated heterocycles. The molecule has 10 heavy (non-hydrogen) atoms. The predicted octanol–water partition coefficient (Wildman–Crippen LogP) is -0.144. The van der Waals surface area contributed by atoms with E-state index in [0.29, 0.717) is 11.8 Å². The number of nitrogens with zero attached hydrogens (tertiary/aromatic N) is 1. The molecule has 0 saturated carbocycles.